The fourth-order valence-corrected chi connectivity index (χ4v) is 5.63. The van der Waals surface area contributed by atoms with Gasteiger partial charge in [0, 0.05) is 24.5 Å². The van der Waals surface area contributed by atoms with E-state index in [-0.39, 0.29) is 24.8 Å². The molecule has 9 heteroatoms. The quantitative estimate of drug-likeness (QED) is 0.292. The Morgan fingerprint density at radius 1 is 0.925 bits per heavy atom. The van der Waals surface area contributed by atoms with E-state index in [4.69, 9.17) is 11.6 Å². The first-order valence-electron chi connectivity index (χ1n) is 13.4. The molecule has 3 rings (SSSR count). The van der Waals surface area contributed by atoms with E-state index in [1.165, 1.54) is 4.90 Å². The number of benzene rings is 3. The molecule has 0 heterocycles. The van der Waals surface area contributed by atoms with Gasteiger partial charge in [-0.15, -0.1) is 0 Å². The number of hydrogen-bond acceptors (Lipinski definition) is 4. The maximum absolute atomic E-state index is 14.2. The molecule has 0 spiro atoms. The minimum absolute atomic E-state index is 0.0313. The lowest BCUT2D eigenvalue weighted by atomic mass is 10.0. The van der Waals surface area contributed by atoms with E-state index in [1.54, 1.807) is 30.3 Å². The fraction of sp³-hybridized carbons (Fsp3) is 0.355. The van der Waals surface area contributed by atoms with Crippen LogP contribution in [0.1, 0.15) is 49.8 Å². The van der Waals surface area contributed by atoms with E-state index in [0.29, 0.717) is 17.3 Å². The lowest BCUT2D eigenvalue weighted by molar-refractivity contribution is -0.140. The zero-order chi connectivity index (χ0) is 29.3. The molecule has 0 aliphatic carbocycles. The molecule has 214 valence electrons. The number of carbonyl (C=O) groups excluding carboxylic acids is 2. The summed E-state index contributed by atoms with van der Waals surface area (Å²) in [6.45, 7) is 5.99. The second-order valence-corrected chi connectivity index (χ2v) is 12.5. The van der Waals surface area contributed by atoms with Crippen molar-refractivity contribution in [2.75, 3.05) is 23.7 Å². The lowest BCUT2D eigenvalue weighted by Gasteiger charge is -2.34. The minimum Gasteiger partial charge on any atom is -0.354 e. The summed E-state index contributed by atoms with van der Waals surface area (Å²) in [6, 6.07) is 22.9. The van der Waals surface area contributed by atoms with Crippen LogP contribution in [-0.2, 0) is 32.6 Å². The molecule has 0 radical (unpaired) electrons. The Bertz CT molecular complexity index is 1400. The van der Waals surface area contributed by atoms with Crippen molar-refractivity contribution in [1.29, 1.82) is 0 Å². The molecular weight excluding hydrogens is 546 g/mol. The summed E-state index contributed by atoms with van der Waals surface area (Å²) in [4.78, 5) is 29.2. The van der Waals surface area contributed by atoms with Crippen LogP contribution in [0.4, 0.5) is 5.69 Å². The molecule has 0 saturated heterocycles. The van der Waals surface area contributed by atoms with E-state index in [0.717, 1.165) is 33.7 Å². The van der Waals surface area contributed by atoms with E-state index >= 15 is 0 Å². The summed E-state index contributed by atoms with van der Waals surface area (Å²) in [5, 5.41) is 3.44. The lowest BCUT2D eigenvalue weighted by Crippen LogP contribution is -2.53. The van der Waals surface area contributed by atoms with Crippen LogP contribution < -0.4 is 9.62 Å². The normalized spacial score (nSPS) is 12.2. The highest BCUT2D eigenvalue weighted by Gasteiger charge is 2.33. The highest BCUT2D eigenvalue weighted by molar-refractivity contribution is 7.92. The third-order valence-electron chi connectivity index (χ3n) is 6.57. The SMILES string of the molecule is CCCNC(=O)[C@H](Cc1ccccc1)N(Cc1cccc(Cl)c1)C(=O)CN(c1ccccc1C(C)C)S(C)(=O)=O. The highest BCUT2D eigenvalue weighted by atomic mass is 35.5. The number of halogens is 1. The number of para-hydroxylation sites is 1. The van der Waals surface area contributed by atoms with Crippen LogP contribution in [0.15, 0.2) is 78.9 Å². The van der Waals surface area contributed by atoms with Crippen molar-refractivity contribution in [1.82, 2.24) is 10.2 Å². The molecule has 3 aromatic rings. The van der Waals surface area contributed by atoms with Gasteiger partial charge >= 0.3 is 0 Å². The van der Waals surface area contributed by atoms with Gasteiger partial charge in [-0.1, -0.05) is 93.0 Å². The number of nitrogens with one attached hydrogen (secondary N) is 1. The number of rotatable bonds is 13. The average molecular weight is 584 g/mol. The van der Waals surface area contributed by atoms with Gasteiger partial charge in [-0.25, -0.2) is 8.42 Å². The van der Waals surface area contributed by atoms with Crippen LogP contribution in [0.2, 0.25) is 5.02 Å². The molecule has 1 N–H and O–H groups in total. The Labute approximate surface area is 243 Å². The molecule has 0 fully saturated rings. The summed E-state index contributed by atoms with van der Waals surface area (Å²) in [5.74, 6) is -0.755. The monoisotopic (exact) mass is 583 g/mol. The Morgan fingerprint density at radius 2 is 1.57 bits per heavy atom. The van der Waals surface area contributed by atoms with Crippen molar-refractivity contribution in [2.24, 2.45) is 0 Å². The Kier molecular flexibility index (Phi) is 11.2. The molecule has 0 aliphatic rings. The van der Waals surface area contributed by atoms with Crippen molar-refractivity contribution < 1.29 is 18.0 Å². The first-order valence-corrected chi connectivity index (χ1v) is 15.7. The van der Waals surface area contributed by atoms with Gasteiger partial charge in [0.15, 0.2) is 0 Å². The van der Waals surface area contributed by atoms with Crippen molar-refractivity contribution in [3.8, 4) is 0 Å². The number of anilines is 1. The number of nitrogens with zero attached hydrogens (tertiary/aromatic N) is 2. The van der Waals surface area contributed by atoms with Crippen LogP contribution in [0.3, 0.4) is 0 Å². The largest absolute Gasteiger partial charge is 0.354 e. The van der Waals surface area contributed by atoms with Gasteiger partial charge in [0.2, 0.25) is 21.8 Å². The van der Waals surface area contributed by atoms with E-state index in [9.17, 15) is 18.0 Å². The number of sulfonamides is 1. The first-order chi connectivity index (χ1) is 19.0. The van der Waals surface area contributed by atoms with Crippen molar-refractivity contribution in [3.63, 3.8) is 0 Å². The van der Waals surface area contributed by atoms with E-state index in [1.807, 2.05) is 69.3 Å². The number of amides is 2. The Hall–Kier alpha value is -3.36. The van der Waals surface area contributed by atoms with Crippen molar-refractivity contribution >= 4 is 39.1 Å². The topological polar surface area (TPSA) is 86.8 Å². The summed E-state index contributed by atoms with van der Waals surface area (Å²) in [6.07, 6.45) is 2.10. The first kappa shape index (κ1) is 31.2. The molecule has 3 aromatic carbocycles. The van der Waals surface area contributed by atoms with Gasteiger partial charge in [0.1, 0.15) is 12.6 Å². The summed E-state index contributed by atoms with van der Waals surface area (Å²) >= 11 is 6.25. The summed E-state index contributed by atoms with van der Waals surface area (Å²) in [7, 11) is -3.84. The third kappa shape index (κ3) is 8.57. The van der Waals surface area contributed by atoms with Crippen LogP contribution in [0.5, 0.6) is 0 Å². The molecule has 7 nitrogen and oxygen atoms in total. The predicted molar refractivity (Wildman–Crippen MR) is 162 cm³/mol. The minimum atomic E-state index is -3.84. The van der Waals surface area contributed by atoms with Gasteiger partial charge in [-0.2, -0.15) is 0 Å². The van der Waals surface area contributed by atoms with E-state index in [2.05, 4.69) is 5.32 Å². The maximum Gasteiger partial charge on any atom is 0.244 e. The highest BCUT2D eigenvalue weighted by Crippen LogP contribution is 2.29. The molecule has 0 aromatic heterocycles. The van der Waals surface area contributed by atoms with Crippen LogP contribution in [0, 0.1) is 0 Å². The van der Waals surface area contributed by atoms with Gasteiger partial charge in [-0.3, -0.25) is 13.9 Å². The van der Waals surface area contributed by atoms with Crippen molar-refractivity contribution in [2.45, 2.75) is 52.1 Å². The van der Waals surface area contributed by atoms with Crippen LogP contribution in [-0.4, -0.2) is 50.5 Å². The number of carbonyl (C=O) groups is 2. The molecule has 40 heavy (non-hydrogen) atoms. The van der Waals surface area contributed by atoms with Gasteiger partial charge < -0.3 is 10.2 Å². The van der Waals surface area contributed by atoms with Gasteiger partial charge in [0.25, 0.3) is 0 Å². The molecule has 0 saturated carbocycles. The smallest absolute Gasteiger partial charge is 0.244 e. The van der Waals surface area contributed by atoms with Crippen molar-refractivity contribution in [3.05, 3.63) is 101 Å². The van der Waals surface area contributed by atoms with Crippen LogP contribution >= 0.6 is 11.6 Å². The molecule has 2 amide bonds. The third-order valence-corrected chi connectivity index (χ3v) is 7.93. The second-order valence-electron chi connectivity index (χ2n) is 10.1. The molecule has 0 aliphatic heterocycles. The fourth-order valence-electron chi connectivity index (χ4n) is 4.55. The zero-order valence-corrected chi connectivity index (χ0v) is 25.1. The van der Waals surface area contributed by atoms with Crippen LogP contribution in [0.25, 0.3) is 0 Å². The summed E-state index contributed by atoms with van der Waals surface area (Å²) in [5.41, 5.74) is 2.87. The van der Waals surface area contributed by atoms with Gasteiger partial charge in [-0.05, 0) is 47.2 Å². The molecule has 0 unspecified atom stereocenters. The molecular formula is C31H38ClN3O4S. The standard InChI is InChI=1S/C31H38ClN3O4S/c1-5-18-33-31(37)29(20-24-12-7-6-8-13-24)34(21-25-14-11-15-26(32)19-25)30(36)22-35(40(4,38)39)28-17-10-9-16-27(28)23(2)3/h6-17,19,23,29H,5,18,20-22H2,1-4H3,(H,33,37)/t29-/m0/s1. The second kappa shape index (κ2) is 14.3. The Balaban J connectivity index is 2.08. The zero-order valence-electron chi connectivity index (χ0n) is 23.5. The maximum atomic E-state index is 14.2. The average Bonchev–Trinajstić information content (AvgIpc) is 2.92. The predicted octanol–water partition coefficient (Wildman–Crippen LogP) is 5.40. The number of hydrogen-bond donors (Lipinski definition) is 1. The van der Waals surface area contributed by atoms with Gasteiger partial charge in [0.05, 0.1) is 11.9 Å². The Morgan fingerprint density at radius 3 is 2.20 bits per heavy atom. The summed E-state index contributed by atoms with van der Waals surface area (Å²) < 4.78 is 27.3. The molecule has 1 atom stereocenters. The molecule has 0 bridgehead atoms. The van der Waals surface area contributed by atoms with E-state index < -0.39 is 28.5 Å².